The van der Waals surface area contributed by atoms with Crippen LogP contribution < -0.4 is 5.32 Å². The molecule has 0 aromatic heterocycles. The minimum absolute atomic E-state index is 0.134. The fourth-order valence-corrected chi connectivity index (χ4v) is 3.71. The van der Waals surface area contributed by atoms with E-state index < -0.39 is 11.9 Å². The molecule has 2 fully saturated rings. The number of carbonyl (C=O) groups excluding carboxylic acids is 1. The molecule has 3 N–H and O–H groups in total. The molecule has 7 nitrogen and oxygen atoms in total. The topological polar surface area (TPSA) is 107 Å². The molecule has 158 valence electrons. The summed E-state index contributed by atoms with van der Waals surface area (Å²) in [5.41, 5.74) is 2.24. The number of aliphatic carboxylic acids is 2. The summed E-state index contributed by atoms with van der Waals surface area (Å²) in [4.78, 5) is 33.9. The third-order valence-electron chi connectivity index (χ3n) is 5.14. The van der Waals surface area contributed by atoms with Crippen LogP contribution in [0.2, 0.25) is 0 Å². The predicted molar refractivity (Wildman–Crippen MR) is 110 cm³/mol. The van der Waals surface area contributed by atoms with Crippen molar-refractivity contribution in [3.8, 4) is 0 Å². The second-order valence-electron chi connectivity index (χ2n) is 8.67. The number of rotatable bonds is 3. The number of hydrogen-bond acceptors (Lipinski definition) is 4. The number of benzene rings is 1. The fourth-order valence-electron chi connectivity index (χ4n) is 3.71. The highest BCUT2D eigenvalue weighted by Gasteiger charge is 2.32. The molecule has 1 amide bonds. The van der Waals surface area contributed by atoms with Crippen molar-refractivity contribution in [3.05, 3.63) is 47.5 Å². The summed E-state index contributed by atoms with van der Waals surface area (Å²) in [5, 5.41) is 19.1. The van der Waals surface area contributed by atoms with Crippen LogP contribution in [0.25, 0.3) is 0 Å². The smallest absolute Gasteiger partial charge is 0.328 e. The van der Waals surface area contributed by atoms with E-state index in [1.165, 1.54) is 12.0 Å². The molecule has 0 saturated carbocycles. The summed E-state index contributed by atoms with van der Waals surface area (Å²) in [6, 6.07) is 8.18. The van der Waals surface area contributed by atoms with Crippen LogP contribution in [0, 0.1) is 11.8 Å². The number of nitrogens with zero attached hydrogens (tertiary/aromatic N) is 1. The molecule has 7 heteroatoms. The number of carboxylic acids is 2. The highest BCUT2D eigenvalue weighted by molar-refractivity contribution is 5.94. The Morgan fingerprint density at radius 3 is 1.86 bits per heavy atom. The van der Waals surface area contributed by atoms with Crippen molar-refractivity contribution in [2.75, 3.05) is 26.2 Å². The number of carboxylic acid groups (broad SMARTS) is 2. The second kappa shape index (κ2) is 9.69. The summed E-state index contributed by atoms with van der Waals surface area (Å²) in [6.07, 6.45) is 2.39. The lowest BCUT2D eigenvalue weighted by Gasteiger charge is -2.41. The number of likely N-dealkylation sites (tertiary alicyclic amines) is 1. The first-order valence-corrected chi connectivity index (χ1v) is 9.80. The van der Waals surface area contributed by atoms with Crippen molar-refractivity contribution in [1.29, 1.82) is 0 Å². The Balaban J connectivity index is 0.000000321. The maximum atomic E-state index is 12.7. The van der Waals surface area contributed by atoms with Gasteiger partial charge in [-0.15, -0.1) is 0 Å². The number of hydrogen-bond donors (Lipinski definition) is 3. The Hall–Kier alpha value is -2.67. The number of nitrogens with one attached hydrogen (secondary N) is 1. The molecule has 0 radical (unpaired) electrons. The van der Waals surface area contributed by atoms with Crippen LogP contribution in [0.15, 0.2) is 36.4 Å². The molecule has 3 rings (SSSR count). The molecule has 0 aliphatic carbocycles. The second-order valence-corrected chi connectivity index (χ2v) is 8.67. The van der Waals surface area contributed by atoms with Gasteiger partial charge < -0.3 is 20.4 Å². The highest BCUT2D eigenvalue weighted by atomic mass is 16.4. The lowest BCUT2D eigenvalue weighted by Crippen LogP contribution is -2.52. The normalized spacial score (nSPS) is 21.3. The van der Waals surface area contributed by atoms with Crippen molar-refractivity contribution < 1.29 is 24.6 Å². The molecule has 1 aromatic rings. The van der Waals surface area contributed by atoms with Crippen molar-refractivity contribution >= 4 is 17.8 Å². The fraction of sp³-hybridized carbons (Fsp3) is 0.500. The molecule has 2 heterocycles. The van der Waals surface area contributed by atoms with E-state index in [2.05, 4.69) is 43.1 Å². The Morgan fingerprint density at radius 2 is 1.45 bits per heavy atom. The van der Waals surface area contributed by atoms with Crippen molar-refractivity contribution in [2.24, 2.45) is 11.8 Å². The van der Waals surface area contributed by atoms with E-state index in [-0.39, 0.29) is 11.3 Å². The first-order chi connectivity index (χ1) is 13.6. The standard InChI is InChI=1S/C18H26N2O.C4H4O4/c1-18(2,3)16-6-4-15(5-7-16)17(21)20-11-13-8-14(12-20)10-19-9-13;5-3(6)1-2-4(7)8/h4-7,13-14,19H,8-12H2,1-3H3;1-2H,(H,5,6)(H,7,8)/b;2-1+/t13-,14+;. The number of fused-ring (bicyclic) bond motifs is 2. The van der Waals surface area contributed by atoms with Gasteiger partial charge in [-0.25, -0.2) is 9.59 Å². The van der Waals surface area contributed by atoms with Crippen molar-refractivity contribution in [1.82, 2.24) is 10.2 Å². The van der Waals surface area contributed by atoms with Crippen molar-refractivity contribution in [2.45, 2.75) is 32.6 Å². The molecule has 2 saturated heterocycles. The zero-order chi connectivity index (χ0) is 21.6. The maximum absolute atomic E-state index is 12.7. The molecule has 0 unspecified atom stereocenters. The number of piperidine rings is 2. The zero-order valence-electron chi connectivity index (χ0n) is 17.2. The molecular weight excluding hydrogens is 372 g/mol. The van der Waals surface area contributed by atoms with Crippen LogP contribution in [0.1, 0.15) is 43.1 Å². The lowest BCUT2D eigenvalue weighted by molar-refractivity contribution is -0.134. The van der Waals surface area contributed by atoms with Gasteiger partial charge in [0, 0.05) is 30.8 Å². The Labute approximate surface area is 171 Å². The van der Waals surface area contributed by atoms with E-state index in [0.29, 0.717) is 24.0 Å². The van der Waals surface area contributed by atoms with Gasteiger partial charge in [0.05, 0.1) is 0 Å². The minimum Gasteiger partial charge on any atom is -0.478 e. The summed E-state index contributed by atoms with van der Waals surface area (Å²) in [6.45, 7) is 10.5. The van der Waals surface area contributed by atoms with Gasteiger partial charge in [0.1, 0.15) is 0 Å². The molecule has 0 spiro atoms. The summed E-state index contributed by atoms with van der Waals surface area (Å²) in [5.74, 6) is -1.04. The molecule has 2 aliphatic rings. The minimum atomic E-state index is -1.26. The summed E-state index contributed by atoms with van der Waals surface area (Å²) >= 11 is 0. The van der Waals surface area contributed by atoms with E-state index in [0.717, 1.165) is 31.7 Å². The quantitative estimate of drug-likeness (QED) is 0.670. The third kappa shape index (κ3) is 7.02. The first-order valence-electron chi connectivity index (χ1n) is 9.80. The largest absolute Gasteiger partial charge is 0.478 e. The third-order valence-corrected chi connectivity index (χ3v) is 5.14. The van der Waals surface area contributed by atoms with E-state index in [1.54, 1.807) is 0 Å². The van der Waals surface area contributed by atoms with Gasteiger partial charge in [-0.1, -0.05) is 32.9 Å². The molecule has 2 bridgehead atoms. The molecule has 2 atom stereocenters. The van der Waals surface area contributed by atoms with Gasteiger partial charge in [0.25, 0.3) is 5.91 Å². The summed E-state index contributed by atoms with van der Waals surface area (Å²) in [7, 11) is 0. The zero-order valence-corrected chi connectivity index (χ0v) is 17.2. The van der Waals surface area contributed by atoms with E-state index in [1.807, 2.05) is 12.1 Å². The van der Waals surface area contributed by atoms with Gasteiger partial charge in [0.2, 0.25) is 0 Å². The van der Waals surface area contributed by atoms with Gasteiger partial charge in [0.15, 0.2) is 0 Å². The van der Waals surface area contributed by atoms with Crippen LogP contribution in [0.5, 0.6) is 0 Å². The van der Waals surface area contributed by atoms with Crippen molar-refractivity contribution in [3.63, 3.8) is 0 Å². The number of carbonyl (C=O) groups is 3. The number of amides is 1. The van der Waals surface area contributed by atoms with E-state index >= 15 is 0 Å². The van der Waals surface area contributed by atoms with Crippen LogP contribution in [-0.4, -0.2) is 59.1 Å². The van der Waals surface area contributed by atoms with Gasteiger partial charge >= 0.3 is 11.9 Å². The van der Waals surface area contributed by atoms with Gasteiger partial charge in [-0.05, 0) is 54.5 Å². The summed E-state index contributed by atoms with van der Waals surface area (Å²) < 4.78 is 0. The lowest BCUT2D eigenvalue weighted by atomic mass is 9.85. The molecular formula is C22H30N2O5. The first kappa shape index (κ1) is 22.6. The predicted octanol–water partition coefficient (Wildman–Crippen LogP) is 2.38. The average Bonchev–Trinajstić information content (AvgIpc) is 2.65. The van der Waals surface area contributed by atoms with Gasteiger partial charge in [-0.3, -0.25) is 4.79 Å². The Bertz CT molecular complexity index is 736. The molecule has 1 aromatic carbocycles. The van der Waals surface area contributed by atoms with Gasteiger partial charge in [-0.2, -0.15) is 0 Å². The highest BCUT2D eigenvalue weighted by Crippen LogP contribution is 2.26. The van der Waals surface area contributed by atoms with Crippen LogP contribution in [-0.2, 0) is 15.0 Å². The van der Waals surface area contributed by atoms with Crippen LogP contribution >= 0.6 is 0 Å². The Kier molecular flexibility index (Phi) is 7.56. The van der Waals surface area contributed by atoms with Crippen LogP contribution in [0.3, 0.4) is 0 Å². The van der Waals surface area contributed by atoms with E-state index in [9.17, 15) is 14.4 Å². The SMILES string of the molecule is CC(C)(C)c1ccc(C(=O)N2C[C@@H]3CNC[C@@H](C3)C2)cc1.O=C(O)/C=C/C(=O)O. The monoisotopic (exact) mass is 402 g/mol. The Morgan fingerprint density at radius 1 is 0.966 bits per heavy atom. The maximum Gasteiger partial charge on any atom is 0.328 e. The molecule has 2 aliphatic heterocycles. The van der Waals surface area contributed by atoms with E-state index in [4.69, 9.17) is 10.2 Å². The van der Waals surface area contributed by atoms with Crippen LogP contribution in [0.4, 0.5) is 0 Å². The average molecular weight is 402 g/mol. The molecule has 29 heavy (non-hydrogen) atoms.